The summed E-state index contributed by atoms with van der Waals surface area (Å²) in [6.07, 6.45) is 0.125. The number of carbonyl (C=O) groups is 5. The van der Waals surface area contributed by atoms with E-state index in [9.17, 15) is 29.1 Å². The number of carbonyl (C=O) groups excluding carboxylic acids is 4. The number of rotatable bonds is 16. The first-order valence-electron chi connectivity index (χ1n) is 11.8. The Hall–Kier alpha value is -4.40. The van der Waals surface area contributed by atoms with Crippen LogP contribution < -0.4 is 38.9 Å². The third-order valence-corrected chi connectivity index (χ3v) is 5.36. The van der Waals surface area contributed by atoms with Crippen LogP contribution in [0.25, 0.3) is 0 Å². The van der Waals surface area contributed by atoms with Gasteiger partial charge < -0.3 is 49.1 Å². The number of carboxylic acid groups (broad SMARTS) is 1. The maximum atomic E-state index is 13.2. The lowest BCUT2D eigenvalue weighted by Crippen LogP contribution is -2.57. The predicted octanol–water partition coefficient (Wildman–Crippen LogP) is -2.86. The van der Waals surface area contributed by atoms with E-state index in [0.717, 1.165) is 0 Å². The molecule has 0 radical (unpaired) electrons. The van der Waals surface area contributed by atoms with Gasteiger partial charge in [0.15, 0.2) is 5.96 Å². The summed E-state index contributed by atoms with van der Waals surface area (Å²) in [5, 5.41) is 26.0. The highest BCUT2D eigenvalue weighted by atomic mass is 16.4. The molecule has 0 aliphatic rings. The van der Waals surface area contributed by atoms with Gasteiger partial charge in [-0.2, -0.15) is 0 Å². The molecule has 0 fully saturated rings. The van der Waals surface area contributed by atoms with E-state index in [2.05, 4.69) is 20.9 Å². The number of guanidine groups is 1. The van der Waals surface area contributed by atoms with Gasteiger partial charge in [-0.25, -0.2) is 0 Å². The number of benzene rings is 1. The number of phenolic OH excluding ortho intramolecular Hbond substituents is 1. The molecule has 13 N–H and O–H groups in total. The van der Waals surface area contributed by atoms with Crippen LogP contribution in [0.1, 0.15) is 38.2 Å². The average Bonchev–Trinajstić information content (AvgIpc) is 2.84. The number of phenols is 1. The standard InChI is InChI=1S/C23H36N8O7/c1-12(22(37)38)29-21(36)17(11-13-4-6-14(32)7-5-13)31-20(35)16(3-2-10-28-23(26)27)30-19(34)15(24)8-9-18(25)33/h4-7,12,15-17,32H,2-3,8-11,24H2,1H3,(H2,25,33)(H,29,36)(H,30,34)(H,31,35)(H,37,38)(H4,26,27,28). The van der Waals surface area contributed by atoms with Crippen LogP contribution in [0.2, 0.25) is 0 Å². The fourth-order valence-corrected chi connectivity index (χ4v) is 3.21. The smallest absolute Gasteiger partial charge is 0.325 e. The van der Waals surface area contributed by atoms with Crippen LogP contribution in [-0.2, 0) is 30.4 Å². The van der Waals surface area contributed by atoms with E-state index in [4.69, 9.17) is 28.0 Å². The monoisotopic (exact) mass is 536 g/mol. The number of nitrogens with two attached hydrogens (primary N) is 4. The number of carboxylic acids is 1. The lowest BCUT2D eigenvalue weighted by molar-refractivity contribution is -0.141. The van der Waals surface area contributed by atoms with Crippen molar-refractivity contribution in [3.63, 3.8) is 0 Å². The number of hydrogen-bond acceptors (Lipinski definition) is 8. The van der Waals surface area contributed by atoms with Gasteiger partial charge in [0.1, 0.15) is 23.9 Å². The Morgan fingerprint density at radius 2 is 1.47 bits per heavy atom. The Kier molecular flexibility index (Phi) is 13.0. The van der Waals surface area contributed by atoms with Gasteiger partial charge in [0.25, 0.3) is 0 Å². The third-order valence-electron chi connectivity index (χ3n) is 5.36. The van der Waals surface area contributed by atoms with Crippen molar-refractivity contribution in [2.24, 2.45) is 27.9 Å². The third kappa shape index (κ3) is 12.0. The molecule has 0 spiro atoms. The zero-order valence-electron chi connectivity index (χ0n) is 21.1. The van der Waals surface area contributed by atoms with Crippen molar-refractivity contribution < 1.29 is 34.2 Å². The summed E-state index contributed by atoms with van der Waals surface area (Å²) in [5.41, 5.74) is 22.1. The van der Waals surface area contributed by atoms with Crippen molar-refractivity contribution >= 4 is 35.6 Å². The summed E-state index contributed by atoms with van der Waals surface area (Å²) >= 11 is 0. The number of amides is 4. The van der Waals surface area contributed by atoms with Crippen molar-refractivity contribution in [1.82, 2.24) is 16.0 Å². The lowest BCUT2D eigenvalue weighted by atomic mass is 10.0. The zero-order valence-corrected chi connectivity index (χ0v) is 21.1. The SMILES string of the molecule is CC(NC(=O)C(Cc1ccc(O)cc1)NC(=O)C(CCCN=C(N)N)NC(=O)C(N)CCC(N)=O)C(=O)O. The summed E-state index contributed by atoms with van der Waals surface area (Å²) in [7, 11) is 0. The van der Waals surface area contributed by atoms with Gasteiger partial charge in [-0.05, 0) is 43.9 Å². The van der Waals surface area contributed by atoms with E-state index in [1.54, 1.807) is 0 Å². The van der Waals surface area contributed by atoms with E-state index in [-0.39, 0.29) is 50.4 Å². The van der Waals surface area contributed by atoms with E-state index in [0.29, 0.717) is 5.56 Å². The van der Waals surface area contributed by atoms with Crippen molar-refractivity contribution in [3.05, 3.63) is 29.8 Å². The summed E-state index contributed by atoms with van der Waals surface area (Å²) < 4.78 is 0. The minimum Gasteiger partial charge on any atom is -0.508 e. The highest BCUT2D eigenvalue weighted by molar-refractivity contribution is 5.94. The molecule has 1 rings (SSSR count). The molecule has 0 saturated heterocycles. The Bertz CT molecular complexity index is 1010. The molecule has 0 saturated carbocycles. The molecule has 4 unspecified atom stereocenters. The molecule has 15 nitrogen and oxygen atoms in total. The quantitative estimate of drug-likeness (QED) is 0.0591. The number of aromatic hydroxyl groups is 1. The first-order valence-corrected chi connectivity index (χ1v) is 11.8. The molecule has 0 heterocycles. The van der Waals surface area contributed by atoms with E-state index < -0.39 is 53.8 Å². The Morgan fingerprint density at radius 3 is 2.03 bits per heavy atom. The Labute approximate surface area is 219 Å². The number of aliphatic imine (C=N–C) groups is 1. The van der Waals surface area contributed by atoms with Crippen LogP contribution in [0.4, 0.5) is 0 Å². The summed E-state index contributed by atoms with van der Waals surface area (Å²) in [4.78, 5) is 64.7. The highest BCUT2D eigenvalue weighted by Crippen LogP contribution is 2.12. The second-order valence-electron chi connectivity index (χ2n) is 8.62. The summed E-state index contributed by atoms with van der Waals surface area (Å²) in [6, 6.07) is 1.11. The first-order chi connectivity index (χ1) is 17.8. The molecule has 15 heteroatoms. The first kappa shape index (κ1) is 31.6. The van der Waals surface area contributed by atoms with Crippen molar-refractivity contribution in [3.8, 4) is 5.75 Å². The Balaban J connectivity index is 3.10. The molecular weight excluding hydrogens is 500 g/mol. The maximum absolute atomic E-state index is 13.2. The summed E-state index contributed by atoms with van der Waals surface area (Å²) in [6.45, 7) is 1.42. The minimum absolute atomic E-state index is 0.00508. The van der Waals surface area contributed by atoms with Crippen LogP contribution in [0.3, 0.4) is 0 Å². The van der Waals surface area contributed by atoms with Gasteiger partial charge in [-0.1, -0.05) is 12.1 Å². The second kappa shape index (κ2) is 15.7. The largest absolute Gasteiger partial charge is 0.508 e. The fourth-order valence-electron chi connectivity index (χ4n) is 3.21. The maximum Gasteiger partial charge on any atom is 0.325 e. The van der Waals surface area contributed by atoms with Gasteiger partial charge >= 0.3 is 5.97 Å². The number of hydrogen-bond donors (Lipinski definition) is 9. The van der Waals surface area contributed by atoms with Gasteiger partial charge in [0, 0.05) is 19.4 Å². The average molecular weight is 537 g/mol. The molecule has 0 aliphatic heterocycles. The fraction of sp³-hybridized carbons (Fsp3) is 0.478. The van der Waals surface area contributed by atoms with Crippen LogP contribution in [-0.4, -0.2) is 76.5 Å². The lowest BCUT2D eigenvalue weighted by Gasteiger charge is -2.25. The second-order valence-corrected chi connectivity index (χ2v) is 8.62. The molecule has 0 bridgehead atoms. The van der Waals surface area contributed by atoms with Crippen LogP contribution >= 0.6 is 0 Å². The molecule has 1 aromatic rings. The Morgan fingerprint density at radius 1 is 0.895 bits per heavy atom. The van der Waals surface area contributed by atoms with E-state index in [1.165, 1.54) is 31.2 Å². The van der Waals surface area contributed by atoms with Gasteiger partial charge in [-0.15, -0.1) is 0 Å². The molecule has 1 aromatic carbocycles. The molecule has 38 heavy (non-hydrogen) atoms. The number of aliphatic carboxylic acids is 1. The van der Waals surface area contributed by atoms with Crippen molar-refractivity contribution in [2.45, 2.75) is 63.2 Å². The van der Waals surface area contributed by atoms with E-state index in [1.807, 2.05) is 0 Å². The van der Waals surface area contributed by atoms with Crippen LogP contribution in [0.15, 0.2) is 29.3 Å². The topological polar surface area (TPSA) is 278 Å². The minimum atomic E-state index is -1.28. The van der Waals surface area contributed by atoms with E-state index >= 15 is 0 Å². The molecule has 4 amide bonds. The summed E-state index contributed by atoms with van der Waals surface area (Å²) in [5.74, 6) is -4.30. The van der Waals surface area contributed by atoms with Crippen molar-refractivity contribution in [1.29, 1.82) is 0 Å². The molecule has 0 aromatic heterocycles. The molecule has 0 aliphatic carbocycles. The number of nitrogens with one attached hydrogen (secondary N) is 3. The van der Waals surface area contributed by atoms with Gasteiger partial charge in [0.05, 0.1) is 6.04 Å². The normalized spacial score (nSPS) is 13.7. The van der Waals surface area contributed by atoms with Crippen molar-refractivity contribution in [2.75, 3.05) is 6.54 Å². The van der Waals surface area contributed by atoms with Crippen LogP contribution in [0.5, 0.6) is 5.75 Å². The zero-order chi connectivity index (χ0) is 28.8. The number of primary amides is 1. The molecule has 4 atom stereocenters. The van der Waals surface area contributed by atoms with Crippen LogP contribution in [0, 0.1) is 0 Å². The van der Waals surface area contributed by atoms with Gasteiger partial charge in [0.2, 0.25) is 23.6 Å². The molecule has 210 valence electrons. The molecular formula is C23H36N8O7. The predicted molar refractivity (Wildman–Crippen MR) is 137 cm³/mol. The van der Waals surface area contributed by atoms with Gasteiger partial charge in [-0.3, -0.25) is 29.0 Å². The number of nitrogens with zero attached hydrogens (tertiary/aromatic N) is 1. The highest BCUT2D eigenvalue weighted by Gasteiger charge is 2.29.